The van der Waals surface area contributed by atoms with E-state index >= 15 is 0 Å². The van der Waals surface area contributed by atoms with Gasteiger partial charge in [-0.3, -0.25) is 0 Å². The average molecular weight is 287 g/mol. The van der Waals surface area contributed by atoms with E-state index in [4.69, 9.17) is 6.57 Å². The molecule has 2 fully saturated rings. The molecule has 5 heteroatoms. The van der Waals surface area contributed by atoms with Crippen LogP contribution in [0.2, 0.25) is 0 Å². The topological polar surface area (TPSA) is 63.2 Å². The van der Waals surface area contributed by atoms with Gasteiger partial charge in [-0.15, -0.1) is 0 Å². The fourth-order valence-electron chi connectivity index (χ4n) is 4.73. The summed E-state index contributed by atoms with van der Waals surface area (Å²) in [6, 6.07) is 0. The van der Waals surface area contributed by atoms with Crippen LogP contribution in [0.25, 0.3) is 4.85 Å². The minimum Gasteiger partial charge on any atom is -0.317 e. The van der Waals surface area contributed by atoms with Gasteiger partial charge in [0.1, 0.15) is 0 Å². The fourth-order valence-corrected chi connectivity index (χ4v) is 4.73. The number of hydrogen-bond acceptors (Lipinski definition) is 4. The van der Waals surface area contributed by atoms with Gasteiger partial charge in [0.15, 0.2) is 0 Å². The van der Waals surface area contributed by atoms with Crippen LogP contribution in [0.3, 0.4) is 0 Å². The van der Waals surface area contributed by atoms with Crippen LogP contribution in [0, 0.1) is 29.7 Å². The summed E-state index contributed by atoms with van der Waals surface area (Å²) in [6.07, 6.45) is 9.57. The molecule has 0 aliphatic heterocycles. The molecule has 0 N–H and O–H groups in total. The van der Waals surface area contributed by atoms with Crippen LogP contribution in [0.4, 0.5) is 0 Å². The van der Waals surface area contributed by atoms with Crippen molar-refractivity contribution in [1.29, 1.82) is 0 Å². The zero-order valence-electron chi connectivity index (χ0n) is 12.3. The van der Waals surface area contributed by atoms with E-state index in [0.29, 0.717) is 37.4 Å². The SMILES string of the molecule is [C-]#[N+]CCCC1(CN=C=O)CC2CC(CCN=C=O)C1C2. The molecule has 2 rings (SSSR count). The quantitative estimate of drug-likeness (QED) is 0.298. The van der Waals surface area contributed by atoms with E-state index in [1.165, 1.54) is 12.8 Å². The molecule has 0 aromatic carbocycles. The molecule has 0 spiro atoms. The normalized spacial score (nSPS) is 33.0. The van der Waals surface area contributed by atoms with Gasteiger partial charge in [-0.1, -0.05) is 0 Å². The van der Waals surface area contributed by atoms with Crippen LogP contribution < -0.4 is 0 Å². The first kappa shape index (κ1) is 15.6. The van der Waals surface area contributed by atoms with E-state index in [1.807, 2.05) is 0 Å². The van der Waals surface area contributed by atoms with Crippen LogP contribution in [-0.2, 0) is 9.59 Å². The van der Waals surface area contributed by atoms with Crippen LogP contribution in [0.5, 0.6) is 0 Å². The van der Waals surface area contributed by atoms with Crippen molar-refractivity contribution >= 4 is 12.2 Å². The highest BCUT2D eigenvalue weighted by Gasteiger charge is 2.54. The fraction of sp³-hybridized carbons (Fsp3) is 0.812. The van der Waals surface area contributed by atoms with Gasteiger partial charge in [-0.25, -0.2) is 26.1 Å². The zero-order valence-corrected chi connectivity index (χ0v) is 12.3. The van der Waals surface area contributed by atoms with Crippen LogP contribution >= 0.6 is 0 Å². The van der Waals surface area contributed by atoms with E-state index < -0.39 is 0 Å². The lowest BCUT2D eigenvalue weighted by Gasteiger charge is -2.40. The van der Waals surface area contributed by atoms with Crippen molar-refractivity contribution in [1.82, 2.24) is 0 Å². The van der Waals surface area contributed by atoms with Crippen molar-refractivity contribution in [2.45, 2.75) is 38.5 Å². The molecule has 0 heterocycles. The van der Waals surface area contributed by atoms with Gasteiger partial charge in [-0.05, 0) is 55.3 Å². The van der Waals surface area contributed by atoms with E-state index in [-0.39, 0.29) is 5.41 Å². The Morgan fingerprint density at radius 3 is 2.71 bits per heavy atom. The highest BCUT2D eigenvalue weighted by atomic mass is 16.1. The number of hydrogen-bond donors (Lipinski definition) is 0. The van der Waals surface area contributed by atoms with Crippen LogP contribution in [-0.4, -0.2) is 31.8 Å². The van der Waals surface area contributed by atoms with Crippen LogP contribution in [0.15, 0.2) is 9.98 Å². The van der Waals surface area contributed by atoms with E-state index in [2.05, 4.69) is 14.8 Å². The minimum absolute atomic E-state index is 0.0700. The maximum atomic E-state index is 10.5. The Bertz CT molecular complexity index is 500. The van der Waals surface area contributed by atoms with Gasteiger partial charge in [0.25, 0.3) is 0 Å². The molecule has 0 radical (unpaired) electrons. The molecule has 4 unspecified atom stereocenters. The minimum atomic E-state index is 0.0700. The van der Waals surface area contributed by atoms with E-state index in [1.54, 1.807) is 12.2 Å². The molecule has 21 heavy (non-hydrogen) atoms. The first-order chi connectivity index (χ1) is 10.3. The number of fused-ring (bicyclic) bond motifs is 2. The largest absolute Gasteiger partial charge is 0.317 e. The smallest absolute Gasteiger partial charge is 0.234 e. The summed E-state index contributed by atoms with van der Waals surface area (Å²) in [5.41, 5.74) is 0.0700. The second kappa shape index (κ2) is 7.31. The number of rotatable bonds is 8. The third-order valence-electron chi connectivity index (χ3n) is 5.35. The molecule has 2 aliphatic carbocycles. The lowest BCUT2D eigenvalue weighted by molar-refractivity contribution is 0.101. The van der Waals surface area contributed by atoms with E-state index in [9.17, 15) is 9.59 Å². The van der Waals surface area contributed by atoms with Gasteiger partial charge in [0.2, 0.25) is 18.7 Å². The first-order valence-corrected chi connectivity index (χ1v) is 7.66. The van der Waals surface area contributed by atoms with Gasteiger partial charge < -0.3 is 4.85 Å². The summed E-state index contributed by atoms with van der Waals surface area (Å²) in [5, 5.41) is 0. The van der Waals surface area contributed by atoms with Crippen molar-refractivity contribution in [3.8, 4) is 0 Å². The van der Waals surface area contributed by atoms with Gasteiger partial charge in [0, 0.05) is 6.42 Å². The molecule has 2 bridgehead atoms. The van der Waals surface area contributed by atoms with Gasteiger partial charge >= 0.3 is 0 Å². The van der Waals surface area contributed by atoms with E-state index in [0.717, 1.165) is 25.7 Å². The molecule has 2 saturated carbocycles. The predicted molar refractivity (Wildman–Crippen MR) is 78.1 cm³/mol. The Morgan fingerprint density at radius 1 is 1.24 bits per heavy atom. The number of isocyanates is 2. The van der Waals surface area contributed by atoms with Gasteiger partial charge in [0.05, 0.1) is 13.1 Å². The molecule has 0 saturated heterocycles. The maximum absolute atomic E-state index is 10.5. The monoisotopic (exact) mass is 287 g/mol. The number of carbonyl (C=O) groups excluding carboxylic acids is 2. The first-order valence-electron chi connectivity index (χ1n) is 7.66. The molecule has 5 nitrogen and oxygen atoms in total. The Labute approximate surface area is 125 Å². The molecule has 0 amide bonds. The number of nitrogens with zero attached hydrogens (tertiary/aromatic N) is 3. The van der Waals surface area contributed by atoms with Crippen molar-refractivity contribution < 1.29 is 9.59 Å². The predicted octanol–water partition coefficient (Wildman–Crippen LogP) is 2.78. The lowest BCUT2D eigenvalue weighted by Crippen LogP contribution is -2.36. The second-order valence-electron chi connectivity index (χ2n) is 6.42. The standard InChI is InChI=1S/C16H21N3O2/c1-17-5-2-4-16(10-19-12-21)9-13-7-14(15(16)8-13)3-6-18-11-20/h13-15H,2-10H2. The second-order valence-corrected chi connectivity index (χ2v) is 6.42. The summed E-state index contributed by atoms with van der Waals surface area (Å²) in [5.74, 6) is 1.82. The molecule has 2 aliphatic rings. The van der Waals surface area contributed by atoms with Crippen molar-refractivity contribution in [3.05, 3.63) is 11.4 Å². The maximum Gasteiger partial charge on any atom is 0.234 e. The molecule has 112 valence electrons. The summed E-state index contributed by atoms with van der Waals surface area (Å²) in [7, 11) is 0. The van der Waals surface area contributed by atoms with Crippen molar-refractivity contribution in [3.63, 3.8) is 0 Å². The number of aliphatic imine (C=N–C) groups is 2. The average Bonchev–Trinajstić information content (AvgIpc) is 3.04. The molecule has 0 aromatic rings. The lowest BCUT2D eigenvalue weighted by atomic mass is 9.65. The molecular formula is C16H21N3O2. The van der Waals surface area contributed by atoms with Crippen molar-refractivity contribution in [2.24, 2.45) is 33.2 Å². The molecular weight excluding hydrogens is 266 g/mol. The Kier molecular flexibility index (Phi) is 5.44. The summed E-state index contributed by atoms with van der Waals surface area (Å²) in [4.78, 5) is 31.7. The Morgan fingerprint density at radius 2 is 2.05 bits per heavy atom. The van der Waals surface area contributed by atoms with Gasteiger partial charge in [-0.2, -0.15) is 0 Å². The summed E-state index contributed by atoms with van der Waals surface area (Å²) in [6.45, 7) is 8.56. The summed E-state index contributed by atoms with van der Waals surface area (Å²) >= 11 is 0. The molecule has 4 atom stereocenters. The highest BCUT2D eigenvalue weighted by molar-refractivity contribution is 5.33. The summed E-state index contributed by atoms with van der Waals surface area (Å²) < 4.78 is 0. The molecule has 0 aromatic heterocycles. The Hall–Kier alpha value is -1.75. The van der Waals surface area contributed by atoms with Crippen LogP contribution in [0.1, 0.15) is 38.5 Å². The highest BCUT2D eigenvalue weighted by Crippen LogP contribution is 2.61. The van der Waals surface area contributed by atoms with Crippen molar-refractivity contribution in [2.75, 3.05) is 19.6 Å². The third kappa shape index (κ3) is 3.47. The zero-order chi connectivity index (χ0) is 15.1. The third-order valence-corrected chi connectivity index (χ3v) is 5.35. The Balaban J connectivity index is 2.06.